The van der Waals surface area contributed by atoms with E-state index in [9.17, 15) is 0 Å². The topological polar surface area (TPSA) is 77.2 Å². The van der Waals surface area contributed by atoms with E-state index in [1.54, 1.807) is 7.11 Å². The minimum atomic E-state index is -1.74. The van der Waals surface area contributed by atoms with Crippen molar-refractivity contribution >= 4 is 40.8 Å². The smallest absolute Gasteiger partial charge is 0.250 e. The molecule has 9 heteroatoms. The summed E-state index contributed by atoms with van der Waals surface area (Å²) in [5, 5.41) is 0. The number of piperidine rings is 1. The Morgan fingerprint density at radius 1 is 1.16 bits per heavy atom. The van der Waals surface area contributed by atoms with E-state index in [1.165, 1.54) is 0 Å². The summed E-state index contributed by atoms with van der Waals surface area (Å²) in [7, 11) is 1.60. The van der Waals surface area contributed by atoms with Gasteiger partial charge in [0.2, 0.25) is 9.74 Å². The third kappa shape index (κ3) is 4.44. The van der Waals surface area contributed by atoms with Gasteiger partial charge in [-0.15, -0.1) is 0 Å². The molecule has 6 nitrogen and oxygen atoms in total. The summed E-state index contributed by atoms with van der Waals surface area (Å²) in [5.74, 6) is 1.70. The van der Waals surface area contributed by atoms with Crippen LogP contribution < -0.4 is 15.4 Å². The zero-order chi connectivity index (χ0) is 18.0. The Kier molecular flexibility index (Phi) is 5.53. The highest BCUT2D eigenvalue weighted by Gasteiger charge is 2.30. The van der Waals surface area contributed by atoms with Crippen LogP contribution in [0.2, 0.25) is 0 Å². The summed E-state index contributed by atoms with van der Waals surface area (Å²) < 4.78 is 3.52. The Hall–Kier alpha value is -1.34. The Balaban J connectivity index is 2.04. The maximum atomic E-state index is 6.03. The van der Waals surface area contributed by atoms with Gasteiger partial charge in [0.05, 0.1) is 7.11 Å². The van der Waals surface area contributed by atoms with E-state index in [-0.39, 0.29) is 11.9 Å². The van der Waals surface area contributed by atoms with E-state index >= 15 is 0 Å². The fraction of sp³-hybridized carbons (Fsp3) is 0.438. The molecule has 0 amide bonds. The van der Waals surface area contributed by atoms with Gasteiger partial charge in [-0.2, -0.15) is 9.97 Å². The average Bonchev–Trinajstić information content (AvgIpc) is 2.61. The van der Waals surface area contributed by atoms with Crippen LogP contribution in [-0.4, -0.2) is 41.2 Å². The van der Waals surface area contributed by atoms with Crippen molar-refractivity contribution in [1.82, 2.24) is 15.0 Å². The van der Waals surface area contributed by atoms with Crippen LogP contribution >= 0.6 is 34.8 Å². The molecule has 1 aromatic carbocycles. The van der Waals surface area contributed by atoms with E-state index in [0.29, 0.717) is 17.5 Å². The van der Waals surface area contributed by atoms with Crippen LogP contribution in [0, 0.1) is 0 Å². The molecule has 3 rings (SSSR count). The Morgan fingerprint density at radius 2 is 1.88 bits per heavy atom. The molecule has 2 N–H and O–H groups in total. The van der Waals surface area contributed by atoms with Gasteiger partial charge < -0.3 is 15.4 Å². The maximum absolute atomic E-state index is 6.03. The first-order valence-electron chi connectivity index (χ1n) is 7.85. The zero-order valence-electron chi connectivity index (χ0n) is 13.6. The number of nitrogens with two attached hydrogens (primary N) is 1. The van der Waals surface area contributed by atoms with E-state index < -0.39 is 3.79 Å². The quantitative estimate of drug-likeness (QED) is 0.794. The van der Waals surface area contributed by atoms with Crippen LogP contribution in [0.4, 0.5) is 5.95 Å². The number of benzene rings is 1. The zero-order valence-corrected chi connectivity index (χ0v) is 15.9. The van der Waals surface area contributed by atoms with Gasteiger partial charge in [0.25, 0.3) is 0 Å². The molecular weight excluding hydrogens is 385 g/mol. The van der Waals surface area contributed by atoms with Gasteiger partial charge in [-0.05, 0) is 25.0 Å². The number of nitrogens with zero attached hydrogens (tertiary/aromatic N) is 4. The minimum Gasteiger partial charge on any atom is -0.497 e. The summed E-state index contributed by atoms with van der Waals surface area (Å²) in [5.41, 5.74) is 6.73. The van der Waals surface area contributed by atoms with Gasteiger partial charge in [-0.25, -0.2) is 4.98 Å². The first kappa shape index (κ1) is 18.5. The lowest BCUT2D eigenvalue weighted by Gasteiger charge is -2.30. The van der Waals surface area contributed by atoms with Gasteiger partial charge in [0.15, 0.2) is 11.6 Å². The van der Waals surface area contributed by atoms with Gasteiger partial charge in [0, 0.05) is 24.7 Å². The molecule has 1 aromatic heterocycles. The molecule has 2 heterocycles. The van der Waals surface area contributed by atoms with E-state index in [2.05, 4.69) is 15.0 Å². The van der Waals surface area contributed by atoms with Crippen molar-refractivity contribution in [2.24, 2.45) is 5.73 Å². The predicted octanol–water partition coefficient (Wildman–Crippen LogP) is 3.30. The minimum absolute atomic E-state index is 0.0928. The highest BCUT2D eigenvalue weighted by atomic mass is 35.6. The van der Waals surface area contributed by atoms with E-state index in [0.717, 1.165) is 31.5 Å². The summed E-state index contributed by atoms with van der Waals surface area (Å²) in [4.78, 5) is 15.3. The standard InChI is InChI=1S/C16H18Cl3N5O/c1-25-12-4-2-3-10(9-12)13-21-14(16(17,18)19)23-15(22-13)24-7-5-11(20)6-8-24/h2-4,9,11H,5-8,20H2,1H3. The number of hydrogen-bond donors (Lipinski definition) is 1. The molecule has 0 bridgehead atoms. The molecule has 0 saturated carbocycles. The lowest BCUT2D eigenvalue weighted by Crippen LogP contribution is -2.40. The number of alkyl halides is 3. The van der Waals surface area contributed by atoms with Crippen LogP contribution in [-0.2, 0) is 3.79 Å². The van der Waals surface area contributed by atoms with Crippen molar-refractivity contribution in [2.75, 3.05) is 25.1 Å². The molecule has 1 saturated heterocycles. The summed E-state index contributed by atoms with van der Waals surface area (Å²) in [6, 6.07) is 7.59. The lowest BCUT2D eigenvalue weighted by atomic mass is 10.1. The molecule has 134 valence electrons. The fourth-order valence-corrected chi connectivity index (χ4v) is 2.88. The molecule has 0 radical (unpaired) electrons. The van der Waals surface area contributed by atoms with Crippen LogP contribution in [0.3, 0.4) is 0 Å². The molecule has 1 aliphatic heterocycles. The van der Waals surface area contributed by atoms with Crippen molar-refractivity contribution in [2.45, 2.75) is 22.7 Å². The Labute approximate surface area is 161 Å². The molecule has 1 fully saturated rings. The molecule has 2 aromatic rings. The van der Waals surface area contributed by atoms with Gasteiger partial charge >= 0.3 is 0 Å². The summed E-state index contributed by atoms with van der Waals surface area (Å²) >= 11 is 18.1. The predicted molar refractivity (Wildman–Crippen MR) is 100 cm³/mol. The number of methoxy groups -OCH3 is 1. The van der Waals surface area contributed by atoms with Crippen molar-refractivity contribution in [3.05, 3.63) is 30.1 Å². The number of ether oxygens (including phenoxy) is 1. The second kappa shape index (κ2) is 7.50. The highest BCUT2D eigenvalue weighted by molar-refractivity contribution is 6.66. The van der Waals surface area contributed by atoms with Crippen molar-refractivity contribution in [3.63, 3.8) is 0 Å². The van der Waals surface area contributed by atoms with Crippen molar-refractivity contribution in [1.29, 1.82) is 0 Å². The molecule has 0 aliphatic carbocycles. The normalized spacial score (nSPS) is 16.1. The van der Waals surface area contributed by atoms with Gasteiger partial charge in [0.1, 0.15) is 5.75 Å². The Bertz CT molecular complexity index is 745. The third-order valence-electron chi connectivity index (χ3n) is 4.03. The number of hydrogen-bond acceptors (Lipinski definition) is 6. The molecule has 0 unspecified atom stereocenters. The van der Waals surface area contributed by atoms with Crippen LogP contribution in [0.25, 0.3) is 11.4 Å². The maximum Gasteiger partial charge on any atom is 0.250 e. The number of rotatable bonds is 3. The second-order valence-electron chi connectivity index (χ2n) is 5.84. The third-order valence-corrected chi connectivity index (χ3v) is 4.53. The molecular formula is C16H18Cl3N5O. The SMILES string of the molecule is COc1cccc(-c2nc(N3CCC(N)CC3)nc(C(Cl)(Cl)Cl)n2)c1. The summed E-state index contributed by atoms with van der Waals surface area (Å²) in [6.07, 6.45) is 1.73. The fourth-order valence-electron chi connectivity index (χ4n) is 2.62. The number of aromatic nitrogens is 3. The van der Waals surface area contributed by atoms with Gasteiger partial charge in [-0.3, -0.25) is 0 Å². The van der Waals surface area contributed by atoms with Gasteiger partial charge in [-0.1, -0.05) is 46.9 Å². The van der Waals surface area contributed by atoms with Crippen molar-refractivity contribution < 1.29 is 4.74 Å². The lowest BCUT2D eigenvalue weighted by molar-refractivity contribution is 0.415. The average molecular weight is 403 g/mol. The first-order valence-corrected chi connectivity index (χ1v) is 8.98. The largest absolute Gasteiger partial charge is 0.497 e. The van der Waals surface area contributed by atoms with E-state index in [4.69, 9.17) is 45.3 Å². The second-order valence-corrected chi connectivity index (χ2v) is 8.12. The molecule has 0 spiro atoms. The Morgan fingerprint density at radius 3 is 2.52 bits per heavy atom. The van der Waals surface area contributed by atoms with E-state index in [1.807, 2.05) is 29.2 Å². The number of halogens is 3. The molecule has 0 atom stereocenters. The monoisotopic (exact) mass is 401 g/mol. The summed E-state index contributed by atoms with van der Waals surface area (Å²) in [6.45, 7) is 1.50. The van der Waals surface area contributed by atoms with Crippen LogP contribution in [0.5, 0.6) is 5.75 Å². The highest BCUT2D eigenvalue weighted by Crippen LogP contribution is 2.37. The van der Waals surface area contributed by atoms with Crippen molar-refractivity contribution in [3.8, 4) is 17.1 Å². The van der Waals surface area contributed by atoms with Crippen LogP contribution in [0.15, 0.2) is 24.3 Å². The molecule has 25 heavy (non-hydrogen) atoms. The molecule has 1 aliphatic rings. The first-order chi connectivity index (χ1) is 11.9. The number of anilines is 1. The van der Waals surface area contributed by atoms with Crippen LogP contribution in [0.1, 0.15) is 18.7 Å².